The lowest BCUT2D eigenvalue weighted by Gasteiger charge is -2.34. The highest BCUT2D eigenvalue weighted by Crippen LogP contribution is 2.33. The quantitative estimate of drug-likeness (QED) is 0.408. The number of anilines is 4. The summed E-state index contributed by atoms with van der Waals surface area (Å²) in [6.45, 7) is 3.97. The van der Waals surface area contributed by atoms with Crippen molar-refractivity contribution in [3.8, 4) is 11.3 Å². The number of likely N-dealkylation sites (N-methyl/N-ethyl adjacent to an activating group) is 1. The van der Waals surface area contributed by atoms with Crippen LogP contribution in [0.3, 0.4) is 0 Å². The van der Waals surface area contributed by atoms with Gasteiger partial charge in [0.25, 0.3) is 0 Å². The summed E-state index contributed by atoms with van der Waals surface area (Å²) in [7, 11) is 0.241. The lowest BCUT2D eigenvalue weighted by atomic mass is 10.1. The van der Waals surface area contributed by atoms with E-state index in [1.807, 2.05) is 42.5 Å². The molecule has 11 heteroatoms. The topological polar surface area (TPSA) is 86.1 Å². The zero-order chi connectivity index (χ0) is 25.4. The van der Waals surface area contributed by atoms with Gasteiger partial charge in [0.1, 0.15) is 0 Å². The summed E-state index contributed by atoms with van der Waals surface area (Å²) in [4.78, 5) is 9.09. The number of benzene rings is 2. The molecule has 5 rings (SSSR count). The van der Waals surface area contributed by atoms with Crippen molar-refractivity contribution in [2.45, 2.75) is 0 Å². The summed E-state index contributed by atoms with van der Waals surface area (Å²) >= 11 is 6.63. The van der Waals surface area contributed by atoms with Crippen molar-refractivity contribution in [3.05, 3.63) is 65.8 Å². The first-order valence-corrected chi connectivity index (χ1v) is 13.8. The molecule has 0 radical (unpaired) electrons. The number of rotatable bonds is 6. The lowest BCUT2D eigenvalue weighted by molar-refractivity contribution is 0.313. The van der Waals surface area contributed by atoms with Crippen molar-refractivity contribution >= 4 is 50.2 Å². The molecule has 9 nitrogen and oxygen atoms in total. The fourth-order valence-electron chi connectivity index (χ4n) is 4.29. The molecule has 1 aliphatic heterocycles. The standard InChI is InChI=1S/C25H28ClN7O2S/c1-30-12-14-32(15-13-30)18-8-10-22(21(26)16-18)28-25-27-17-19-9-11-24(33(19)29-25)20-6-4-5-7-23(20)31(2)36(3,34)35/h4-11,16-17H,12-15H2,1-3H3,(H,28,29). The van der Waals surface area contributed by atoms with Crippen LogP contribution in [0.5, 0.6) is 0 Å². The van der Waals surface area contributed by atoms with Crippen molar-refractivity contribution in [3.63, 3.8) is 0 Å². The van der Waals surface area contributed by atoms with Gasteiger partial charge in [-0.05, 0) is 43.4 Å². The Balaban J connectivity index is 1.45. The molecule has 2 aromatic heterocycles. The van der Waals surface area contributed by atoms with Crippen molar-refractivity contribution in [1.29, 1.82) is 0 Å². The first kappa shape index (κ1) is 24.4. The Kier molecular flexibility index (Phi) is 6.50. The van der Waals surface area contributed by atoms with E-state index >= 15 is 0 Å². The molecule has 1 N–H and O–H groups in total. The van der Waals surface area contributed by atoms with Gasteiger partial charge in [-0.25, -0.2) is 17.9 Å². The van der Waals surface area contributed by atoms with E-state index < -0.39 is 10.0 Å². The van der Waals surface area contributed by atoms with Gasteiger partial charge in [0.2, 0.25) is 16.0 Å². The summed E-state index contributed by atoms with van der Waals surface area (Å²) in [6, 6.07) is 17.1. The summed E-state index contributed by atoms with van der Waals surface area (Å²) in [5.41, 5.74) is 4.64. The molecule has 0 unspecified atom stereocenters. The Morgan fingerprint density at radius 1 is 1.03 bits per heavy atom. The maximum absolute atomic E-state index is 12.2. The van der Waals surface area contributed by atoms with E-state index in [2.05, 4.69) is 38.3 Å². The number of sulfonamides is 1. The van der Waals surface area contributed by atoms with Gasteiger partial charge in [0.05, 0.1) is 40.1 Å². The van der Waals surface area contributed by atoms with E-state index in [0.29, 0.717) is 22.3 Å². The van der Waals surface area contributed by atoms with Gasteiger partial charge in [0.15, 0.2) is 0 Å². The smallest absolute Gasteiger partial charge is 0.245 e. The summed E-state index contributed by atoms with van der Waals surface area (Å²) in [5, 5.41) is 8.49. The van der Waals surface area contributed by atoms with Crippen molar-refractivity contribution < 1.29 is 8.42 Å². The predicted octanol–water partition coefficient (Wildman–Crippen LogP) is 3.94. The molecule has 36 heavy (non-hydrogen) atoms. The van der Waals surface area contributed by atoms with Gasteiger partial charge in [-0.3, -0.25) is 4.31 Å². The normalized spacial score (nSPS) is 14.8. The van der Waals surface area contributed by atoms with Crippen molar-refractivity contribution in [2.24, 2.45) is 0 Å². The predicted molar refractivity (Wildman–Crippen MR) is 146 cm³/mol. The number of nitrogens with zero attached hydrogens (tertiary/aromatic N) is 6. The van der Waals surface area contributed by atoms with Gasteiger partial charge in [-0.2, -0.15) is 0 Å². The van der Waals surface area contributed by atoms with Gasteiger partial charge in [0, 0.05) is 44.5 Å². The molecule has 0 amide bonds. The number of piperazine rings is 1. The maximum atomic E-state index is 12.2. The highest BCUT2D eigenvalue weighted by atomic mass is 35.5. The van der Waals surface area contributed by atoms with Gasteiger partial charge >= 0.3 is 0 Å². The van der Waals surface area contributed by atoms with Gasteiger partial charge in [-0.15, -0.1) is 5.10 Å². The minimum atomic E-state index is -3.43. The molecule has 0 atom stereocenters. The molecule has 0 spiro atoms. The van der Waals surface area contributed by atoms with Crippen LogP contribution in [-0.4, -0.2) is 74.4 Å². The molecule has 0 bridgehead atoms. The van der Waals surface area contributed by atoms with Gasteiger partial charge < -0.3 is 15.1 Å². The molecule has 2 aromatic carbocycles. The molecule has 0 saturated carbocycles. The van der Waals surface area contributed by atoms with Gasteiger partial charge in [-0.1, -0.05) is 29.8 Å². The zero-order valence-electron chi connectivity index (χ0n) is 20.4. The Labute approximate surface area is 216 Å². The largest absolute Gasteiger partial charge is 0.369 e. The third-order valence-electron chi connectivity index (χ3n) is 6.48. The summed E-state index contributed by atoms with van der Waals surface area (Å²) in [6.07, 6.45) is 2.90. The number of hydrogen-bond acceptors (Lipinski definition) is 7. The van der Waals surface area contributed by atoms with E-state index in [0.717, 1.165) is 48.6 Å². The van der Waals surface area contributed by atoms with Crippen LogP contribution in [0.1, 0.15) is 0 Å². The SMILES string of the molecule is CN1CCN(c2ccc(Nc3ncc4ccc(-c5ccccc5N(C)S(C)(=O)=O)n4n3)c(Cl)c2)CC1. The van der Waals surface area contributed by atoms with E-state index in [4.69, 9.17) is 11.6 Å². The number of aromatic nitrogens is 3. The minimum Gasteiger partial charge on any atom is -0.369 e. The number of para-hydroxylation sites is 1. The molecule has 188 valence electrons. The Morgan fingerprint density at radius 2 is 1.78 bits per heavy atom. The van der Waals surface area contributed by atoms with Crippen LogP contribution in [-0.2, 0) is 10.0 Å². The number of fused-ring (bicyclic) bond motifs is 1. The monoisotopic (exact) mass is 525 g/mol. The fourth-order valence-corrected chi connectivity index (χ4v) is 5.03. The van der Waals surface area contributed by atoms with Crippen LogP contribution in [0, 0.1) is 0 Å². The highest BCUT2D eigenvalue weighted by molar-refractivity contribution is 7.92. The van der Waals surface area contributed by atoms with E-state index in [-0.39, 0.29) is 0 Å². The van der Waals surface area contributed by atoms with Crippen LogP contribution < -0.4 is 14.5 Å². The second-order valence-corrected chi connectivity index (χ2v) is 11.4. The average molecular weight is 526 g/mol. The first-order valence-electron chi connectivity index (χ1n) is 11.6. The number of nitrogens with one attached hydrogen (secondary N) is 1. The Bertz CT molecular complexity index is 1510. The first-order chi connectivity index (χ1) is 17.2. The number of halogens is 1. The molecule has 1 saturated heterocycles. The lowest BCUT2D eigenvalue weighted by Crippen LogP contribution is -2.44. The molecular formula is C25H28ClN7O2S. The second-order valence-electron chi connectivity index (χ2n) is 8.96. The number of hydrogen-bond donors (Lipinski definition) is 1. The average Bonchev–Trinajstić information content (AvgIpc) is 3.28. The summed E-state index contributed by atoms with van der Waals surface area (Å²) in [5.74, 6) is 0.378. The molecule has 1 fully saturated rings. The molecule has 3 heterocycles. The van der Waals surface area contributed by atoms with E-state index in [9.17, 15) is 8.42 Å². The zero-order valence-corrected chi connectivity index (χ0v) is 22.0. The van der Waals surface area contributed by atoms with Crippen LogP contribution in [0.4, 0.5) is 23.0 Å². The Hall–Kier alpha value is -3.34. The molecule has 1 aliphatic rings. The fraction of sp³-hybridized carbons (Fsp3) is 0.280. The molecule has 4 aromatic rings. The van der Waals surface area contributed by atoms with E-state index in [1.165, 1.54) is 10.6 Å². The highest BCUT2D eigenvalue weighted by Gasteiger charge is 2.19. The van der Waals surface area contributed by atoms with Crippen LogP contribution in [0.2, 0.25) is 5.02 Å². The van der Waals surface area contributed by atoms with Crippen LogP contribution >= 0.6 is 11.6 Å². The van der Waals surface area contributed by atoms with E-state index in [1.54, 1.807) is 23.8 Å². The van der Waals surface area contributed by atoms with Crippen molar-refractivity contribution in [1.82, 2.24) is 19.5 Å². The van der Waals surface area contributed by atoms with Crippen LogP contribution in [0.25, 0.3) is 16.8 Å². The molecule has 0 aliphatic carbocycles. The van der Waals surface area contributed by atoms with Crippen molar-refractivity contribution in [2.75, 3.05) is 61.1 Å². The third-order valence-corrected chi connectivity index (χ3v) is 7.99. The van der Waals surface area contributed by atoms with Crippen LogP contribution in [0.15, 0.2) is 60.8 Å². The summed E-state index contributed by atoms with van der Waals surface area (Å²) < 4.78 is 27.4. The Morgan fingerprint density at radius 3 is 2.50 bits per heavy atom. The second kappa shape index (κ2) is 9.61. The third kappa shape index (κ3) is 4.84. The minimum absolute atomic E-state index is 0.378. The molecular weight excluding hydrogens is 498 g/mol. The maximum Gasteiger partial charge on any atom is 0.245 e.